The molecule has 0 saturated heterocycles. The van der Waals surface area contributed by atoms with E-state index in [2.05, 4.69) is 15.3 Å². The van der Waals surface area contributed by atoms with Crippen molar-refractivity contribution >= 4 is 22.6 Å². The fourth-order valence-electron chi connectivity index (χ4n) is 3.37. The summed E-state index contributed by atoms with van der Waals surface area (Å²) >= 11 is 0. The van der Waals surface area contributed by atoms with E-state index in [1.807, 2.05) is 6.92 Å². The number of anilines is 1. The first-order valence-electron chi connectivity index (χ1n) is 9.36. The van der Waals surface area contributed by atoms with Crippen LogP contribution in [0, 0.1) is 12.8 Å². The monoisotopic (exact) mass is 396 g/mol. The van der Waals surface area contributed by atoms with Crippen LogP contribution in [0.3, 0.4) is 0 Å². The number of rotatable bonds is 4. The van der Waals surface area contributed by atoms with E-state index in [-0.39, 0.29) is 17.8 Å². The van der Waals surface area contributed by atoms with E-state index < -0.39 is 24.1 Å². The molecule has 1 amide bonds. The lowest BCUT2D eigenvalue weighted by Crippen LogP contribution is -2.20. The molecule has 7 nitrogen and oxygen atoms in total. The number of alkyl halides is 1. The van der Waals surface area contributed by atoms with Gasteiger partial charge in [0.2, 0.25) is 5.91 Å². The Morgan fingerprint density at radius 2 is 2.00 bits per heavy atom. The Hall–Kier alpha value is -3.13. The van der Waals surface area contributed by atoms with Gasteiger partial charge in [0.05, 0.1) is 23.2 Å². The number of aryl methyl sites for hydroxylation is 2. The van der Waals surface area contributed by atoms with Crippen molar-refractivity contribution < 1.29 is 14.3 Å². The van der Waals surface area contributed by atoms with Gasteiger partial charge in [0.15, 0.2) is 0 Å². The van der Waals surface area contributed by atoms with Crippen LogP contribution in [-0.4, -0.2) is 31.7 Å². The molecular weight excluding hydrogens is 375 g/mol. The van der Waals surface area contributed by atoms with Crippen molar-refractivity contribution in [3.05, 3.63) is 52.2 Å². The summed E-state index contributed by atoms with van der Waals surface area (Å²) < 4.78 is 14.5. The summed E-state index contributed by atoms with van der Waals surface area (Å²) in [5.74, 6) is -0.729. The van der Waals surface area contributed by atoms with Gasteiger partial charge in [-0.1, -0.05) is 0 Å². The molecule has 1 saturated carbocycles. The van der Waals surface area contributed by atoms with Crippen LogP contribution >= 0.6 is 0 Å². The Labute approximate surface area is 166 Å². The van der Waals surface area contributed by atoms with Crippen molar-refractivity contribution in [2.24, 2.45) is 13.0 Å². The van der Waals surface area contributed by atoms with Crippen molar-refractivity contribution in [3.63, 3.8) is 0 Å². The van der Waals surface area contributed by atoms with Crippen LogP contribution < -0.4 is 10.9 Å². The number of nitrogens with zero attached hydrogens (tertiary/aromatic N) is 3. The van der Waals surface area contributed by atoms with Crippen LogP contribution in [0.1, 0.15) is 30.7 Å². The second kappa shape index (κ2) is 7.04. The average molecular weight is 396 g/mol. The van der Waals surface area contributed by atoms with Gasteiger partial charge >= 0.3 is 0 Å². The van der Waals surface area contributed by atoms with Crippen molar-refractivity contribution in [1.82, 2.24) is 14.5 Å². The number of fused-ring (bicyclic) bond motifs is 1. The number of hydrogen-bond acceptors (Lipinski definition) is 5. The Morgan fingerprint density at radius 3 is 2.62 bits per heavy atom. The van der Waals surface area contributed by atoms with Gasteiger partial charge in [-0.15, -0.1) is 0 Å². The molecule has 1 aliphatic rings. The maximum atomic E-state index is 13.1. The van der Waals surface area contributed by atoms with Crippen LogP contribution in [0.2, 0.25) is 0 Å². The predicted octanol–water partition coefficient (Wildman–Crippen LogP) is 2.65. The molecule has 1 fully saturated rings. The van der Waals surface area contributed by atoms with E-state index >= 15 is 0 Å². The predicted molar refractivity (Wildman–Crippen MR) is 107 cm³/mol. The van der Waals surface area contributed by atoms with Gasteiger partial charge in [-0.25, -0.2) is 9.37 Å². The van der Waals surface area contributed by atoms with Crippen molar-refractivity contribution in [3.8, 4) is 11.1 Å². The lowest BCUT2D eigenvalue weighted by molar-refractivity contribution is -0.117. The number of pyridine rings is 3. The summed E-state index contributed by atoms with van der Waals surface area (Å²) in [6.07, 6.45) is 1.62. The van der Waals surface area contributed by atoms with Gasteiger partial charge in [-0.3, -0.25) is 14.6 Å². The molecular formula is C21H21FN4O3. The Kier molecular flexibility index (Phi) is 4.66. The zero-order valence-corrected chi connectivity index (χ0v) is 16.3. The summed E-state index contributed by atoms with van der Waals surface area (Å²) in [6, 6.07) is 5.10. The molecule has 29 heavy (non-hydrogen) atoms. The first-order chi connectivity index (χ1) is 13.8. The highest BCUT2D eigenvalue weighted by molar-refractivity contribution is 5.95. The van der Waals surface area contributed by atoms with E-state index in [0.717, 1.165) is 5.56 Å². The number of amides is 1. The molecule has 3 aromatic rings. The fourth-order valence-corrected chi connectivity index (χ4v) is 3.37. The summed E-state index contributed by atoms with van der Waals surface area (Å²) in [7, 11) is 1.64. The van der Waals surface area contributed by atoms with E-state index in [4.69, 9.17) is 0 Å². The van der Waals surface area contributed by atoms with E-state index in [0.29, 0.717) is 27.7 Å². The highest BCUT2D eigenvalue weighted by Gasteiger charge is 2.43. The maximum absolute atomic E-state index is 13.1. The molecule has 0 bridgehead atoms. The van der Waals surface area contributed by atoms with E-state index in [1.54, 1.807) is 44.6 Å². The van der Waals surface area contributed by atoms with Crippen molar-refractivity contribution in [2.45, 2.75) is 32.5 Å². The highest BCUT2D eigenvalue weighted by atomic mass is 19.1. The van der Waals surface area contributed by atoms with Crippen molar-refractivity contribution in [2.75, 3.05) is 5.32 Å². The third kappa shape index (κ3) is 3.51. The molecule has 3 aromatic heterocycles. The molecule has 150 valence electrons. The summed E-state index contributed by atoms with van der Waals surface area (Å²) in [5, 5.41) is 13.0. The van der Waals surface area contributed by atoms with E-state index in [9.17, 15) is 19.1 Å². The topological polar surface area (TPSA) is 97.1 Å². The molecule has 2 N–H and O–H groups in total. The van der Waals surface area contributed by atoms with Crippen LogP contribution in [0.5, 0.6) is 0 Å². The molecule has 3 heterocycles. The quantitative estimate of drug-likeness (QED) is 0.707. The minimum absolute atomic E-state index is 0.221. The van der Waals surface area contributed by atoms with Gasteiger partial charge < -0.3 is 15.0 Å². The van der Waals surface area contributed by atoms with Gasteiger partial charge in [-0.05, 0) is 38.0 Å². The van der Waals surface area contributed by atoms with Gasteiger partial charge in [0.1, 0.15) is 12.0 Å². The number of carbonyl (C=O) groups excluding carboxylic acids is 1. The van der Waals surface area contributed by atoms with Crippen molar-refractivity contribution in [1.29, 1.82) is 0 Å². The number of aliphatic hydroxyl groups is 1. The summed E-state index contributed by atoms with van der Waals surface area (Å²) in [5.41, 5.74) is 2.90. The smallest absolute Gasteiger partial charge is 0.258 e. The molecule has 2 unspecified atom stereocenters. The minimum atomic E-state index is -1.08. The highest BCUT2D eigenvalue weighted by Crippen LogP contribution is 2.34. The van der Waals surface area contributed by atoms with E-state index in [1.165, 1.54) is 4.57 Å². The largest absolute Gasteiger partial charge is 0.387 e. The molecule has 0 aromatic carbocycles. The fraction of sp³-hybridized carbons (Fsp3) is 0.333. The maximum Gasteiger partial charge on any atom is 0.258 e. The second-order valence-electron chi connectivity index (χ2n) is 7.50. The zero-order chi connectivity index (χ0) is 20.9. The van der Waals surface area contributed by atoms with Gasteiger partial charge in [0.25, 0.3) is 5.56 Å². The minimum Gasteiger partial charge on any atom is -0.387 e. The zero-order valence-electron chi connectivity index (χ0n) is 16.3. The standard InChI is InChI=1S/C21H21FN4O3/c1-10-4-17(11(2)27)23-9-15(10)13-5-12-8-24-19(7-18(12)26(3)21(13)29)25-20(28)14-6-16(14)22/h4-5,7-9,11,14,16,27H,6H2,1-3H3,(H,24,25,28)/t11?,14-,16?/m1/s1. The number of hydrogen-bond donors (Lipinski definition) is 2. The summed E-state index contributed by atoms with van der Waals surface area (Å²) in [4.78, 5) is 33.4. The SMILES string of the molecule is Cc1cc(C(C)O)ncc1-c1cc2cnc(NC(=O)[C@@H]3CC3F)cc2n(C)c1=O. The Balaban J connectivity index is 1.74. The normalized spacial score (nSPS) is 19.2. The Morgan fingerprint density at radius 1 is 1.28 bits per heavy atom. The van der Waals surface area contributed by atoms with Gasteiger partial charge in [-0.2, -0.15) is 0 Å². The summed E-state index contributed by atoms with van der Waals surface area (Å²) in [6.45, 7) is 3.49. The lowest BCUT2D eigenvalue weighted by Gasteiger charge is -2.13. The molecule has 1 aliphatic carbocycles. The molecule has 0 spiro atoms. The van der Waals surface area contributed by atoms with Crippen LogP contribution in [0.25, 0.3) is 22.0 Å². The third-order valence-corrected chi connectivity index (χ3v) is 5.26. The van der Waals surface area contributed by atoms with Crippen LogP contribution in [-0.2, 0) is 11.8 Å². The van der Waals surface area contributed by atoms with Crippen LogP contribution in [0.4, 0.5) is 10.2 Å². The van der Waals surface area contributed by atoms with Gasteiger partial charge in [0, 0.05) is 42.0 Å². The molecule has 0 aliphatic heterocycles. The number of aromatic nitrogens is 3. The number of carbonyl (C=O) groups is 1. The molecule has 3 atom stereocenters. The number of aliphatic hydroxyl groups excluding tert-OH is 1. The molecule has 8 heteroatoms. The Bertz CT molecular complexity index is 1190. The first-order valence-corrected chi connectivity index (χ1v) is 9.36. The number of nitrogens with one attached hydrogen (secondary N) is 1. The third-order valence-electron chi connectivity index (χ3n) is 5.26. The first kappa shape index (κ1) is 19.2. The lowest BCUT2D eigenvalue weighted by atomic mass is 10.0. The molecule has 4 rings (SSSR count). The molecule has 0 radical (unpaired) electrons. The average Bonchev–Trinajstić information content (AvgIpc) is 3.42. The number of halogens is 1. The second-order valence-corrected chi connectivity index (χ2v) is 7.50. The van der Waals surface area contributed by atoms with Crippen LogP contribution in [0.15, 0.2) is 35.4 Å².